The number of carboxylic acids is 1. The van der Waals surface area contributed by atoms with Crippen LogP contribution in [-0.2, 0) is 4.79 Å². The Morgan fingerprint density at radius 3 is 2.12 bits per heavy atom. The molecule has 0 aliphatic heterocycles. The van der Waals surface area contributed by atoms with Crippen LogP contribution in [0.5, 0.6) is 0 Å². The third-order valence-electron chi connectivity index (χ3n) is 3.29. The van der Waals surface area contributed by atoms with E-state index < -0.39 is 11.9 Å². The van der Waals surface area contributed by atoms with Gasteiger partial charge in [0.25, 0.3) is 5.92 Å². The number of unbranched alkanes of at least 4 members (excludes halogenated alkanes) is 4. The summed E-state index contributed by atoms with van der Waals surface area (Å²) in [5.41, 5.74) is 0. The summed E-state index contributed by atoms with van der Waals surface area (Å²) in [7, 11) is 0. The summed E-state index contributed by atoms with van der Waals surface area (Å²) in [6.07, 6.45) is 19.2. The molecule has 0 radical (unpaired) electrons. The van der Waals surface area contributed by atoms with Crippen molar-refractivity contribution in [1.29, 1.82) is 0 Å². The largest absolute Gasteiger partial charge is 0.481 e. The van der Waals surface area contributed by atoms with Gasteiger partial charge in [-0.1, -0.05) is 56.2 Å². The molecule has 24 heavy (non-hydrogen) atoms. The van der Waals surface area contributed by atoms with Gasteiger partial charge in [-0.25, -0.2) is 0 Å². The second-order valence-electron chi connectivity index (χ2n) is 5.68. The van der Waals surface area contributed by atoms with Crippen LogP contribution in [0.1, 0.15) is 64.7 Å². The summed E-state index contributed by atoms with van der Waals surface area (Å²) < 4.78 is 27.0. The molecule has 0 unspecified atom stereocenters. The summed E-state index contributed by atoms with van der Waals surface area (Å²) in [5, 5.41) is 8.48. The number of allylic oxidation sites excluding steroid dienone is 8. The van der Waals surface area contributed by atoms with E-state index in [-0.39, 0.29) is 6.42 Å². The van der Waals surface area contributed by atoms with Crippen molar-refractivity contribution in [3.63, 3.8) is 0 Å². The van der Waals surface area contributed by atoms with E-state index in [0.717, 1.165) is 44.3 Å². The molecule has 0 heterocycles. The van der Waals surface area contributed by atoms with E-state index in [2.05, 4.69) is 6.92 Å². The maximum atomic E-state index is 13.5. The molecule has 0 fully saturated rings. The number of rotatable bonds is 14. The summed E-state index contributed by atoms with van der Waals surface area (Å²) in [4.78, 5) is 10.3. The van der Waals surface area contributed by atoms with Gasteiger partial charge in [0.15, 0.2) is 0 Å². The molecule has 0 bridgehead atoms. The van der Waals surface area contributed by atoms with Crippen molar-refractivity contribution in [1.82, 2.24) is 0 Å². The zero-order valence-corrected chi connectivity index (χ0v) is 14.6. The van der Waals surface area contributed by atoms with Crippen LogP contribution in [-0.4, -0.2) is 17.0 Å². The average molecular weight is 340 g/mol. The summed E-state index contributed by atoms with van der Waals surface area (Å²) in [6, 6.07) is 0. The fraction of sp³-hybridized carbons (Fsp3) is 0.550. The van der Waals surface area contributed by atoms with Crippen LogP contribution in [0.2, 0.25) is 0 Å². The highest BCUT2D eigenvalue weighted by atomic mass is 19.3. The molecule has 0 saturated carbocycles. The number of aliphatic carboxylic acids is 1. The van der Waals surface area contributed by atoms with Gasteiger partial charge in [-0.15, -0.1) is 0 Å². The van der Waals surface area contributed by atoms with Crippen LogP contribution in [0, 0.1) is 0 Å². The molecule has 0 aromatic rings. The van der Waals surface area contributed by atoms with Gasteiger partial charge in [-0.05, 0) is 50.7 Å². The highest BCUT2D eigenvalue weighted by molar-refractivity contribution is 5.66. The van der Waals surface area contributed by atoms with Gasteiger partial charge in [0.2, 0.25) is 0 Å². The number of carbonyl (C=O) groups is 1. The minimum atomic E-state index is -2.87. The van der Waals surface area contributed by atoms with Gasteiger partial charge in [-0.2, -0.15) is 8.78 Å². The maximum absolute atomic E-state index is 13.5. The van der Waals surface area contributed by atoms with Crippen molar-refractivity contribution >= 4 is 5.97 Å². The van der Waals surface area contributed by atoms with Crippen LogP contribution in [0.15, 0.2) is 48.6 Å². The Balaban J connectivity index is 3.81. The molecule has 0 saturated heterocycles. The lowest BCUT2D eigenvalue weighted by molar-refractivity contribution is -0.137. The average Bonchev–Trinajstić information content (AvgIpc) is 2.52. The Kier molecular flexibility index (Phi) is 13.8. The second-order valence-corrected chi connectivity index (χ2v) is 5.68. The first-order valence-corrected chi connectivity index (χ1v) is 8.73. The van der Waals surface area contributed by atoms with Crippen molar-refractivity contribution in [2.45, 2.75) is 70.6 Å². The van der Waals surface area contributed by atoms with Crippen molar-refractivity contribution in [2.75, 3.05) is 0 Å². The summed E-state index contributed by atoms with van der Waals surface area (Å²) in [6.45, 7) is 2.09. The first kappa shape index (κ1) is 22.3. The molecule has 0 atom stereocenters. The molecule has 136 valence electrons. The lowest BCUT2D eigenvalue weighted by Gasteiger charge is -2.04. The van der Waals surface area contributed by atoms with E-state index >= 15 is 0 Å². The third-order valence-corrected chi connectivity index (χ3v) is 3.29. The number of hydrogen-bond acceptors (Lipinski definition) is 1. The van der Waals surface area contributed by atoms with Crippen molar-refractivity contribution in [3.05, 3.63) is 48.6 Å². The SMILES string of the molecule is CCCCC/C=C\C(F)(F)/C=C\C/C=C\C/C=C\CCCC(=O)O. The fourth-order valence-corrected chi connectivity index (χ4v) is 1.97. The Morgan fingerprint density at radius 2 is 1.46 bits per heavy atom. The zero-order chi connectivity index (χ0) is 18.1. The van der Waals surface area contributed by atoms with Crippen molar-refractivity contribution < 1.29 is 18.7 Å². The van der Waals surface area contributed by atoms with Crippen molar-refractivity contribution in [2.24, 2.45) is 0 Å². The lowest BCUT2D eigenvalue weighted by Crippen LogP contribution is -2.06. The maximum Gasteiger partial charge on any atom is 0.303 e. The van der Waals surface area contributed by atoms with Gasteiger partial charge in [0.1, 0.15) is 0 Å². The zero-order valence-electron chi connectivity index (χ0n) is 14.6. The Bertz CT molecular complexity index is 435. The predicted octanol–water partition coefficient (Wildman–Crippen LogP) is 6.46. The lowest BCUT2D eigenvalue weighted by atomic mass is 10.1. The normalized spacial score (nSPS) is 13.1. The molecule has 2 nitrogen and oxygen atoms in total. The predicted molar refractivity (Wildman–Crippen MR) is 96.4 cm³/mol. The Hall–Kier alpha value is -1.71. The molecular formula is C20H30F2O2. The highest BCUT2D eigenvalue weighted by Gasteiger charge is 2.19. The van der Waals surface area contributed by atoms with Crippen molar-refractivity contribution in [3.8, 4) is 0 Å². The fourth-order valence-electron chi connectivity index (χ4n) is 1.97. The standard InChI is InChI=1S/C20H30F2O2/c1-2-3-4-11-14-17-20(21,22)18-15-12-9-7-5-6-8-10-13-16-19(23)24/h6-9,14-15,17-18H,2-5,10-13,16H2,1H3,(H,23,24)/b8-6-,9-7-,17-14-,18-15-. The Labute approximate surface area is 144 Å². The van der Waals surface area contributed by atoms with Gasteiger partial charge in [-0.3, -0.25) is 4.79 Å². The van der Waals surface area contributed by atoms with Gasteiger partial charge in [0, 0.05) is 6.42 Å². The number of alkyl halides is 2. The molecule has 0 amide bonds. The van der Waals surface area contributed by atoms with E-state index in [1.165, 1.54) is 6.08 Å². The van der Waals surface area contributed by atoms with Crippen LogP contribution in [0.25, 0.3) is 0 Å². The molecule has 4 heteroatoms. The van der Waals surface area contributed by atoms with Gasteiger partial charge < -0.3 is 5.11 Å². The molecule has 0 aromatic carbocycles. The smallest absolute Gasteiger partial charge is 0.303 e. The van der Waals surface area contributed by atoms with Crippen LogP contribution in [0.3, 0.4) is 0 Å². The molecule has 0 aliphatic carbocycles. The summed E-state index contributed by atoms with van der Waals surface area (Å²) in [5.74, 6) is -3.65. The first-order chi connectivity index (χ1) is 11.5. The number of hydrogen-bond donors (Lipinski definition) is 1. The van der Waals surface area contributed by atoms with Crippen LogP contribution < -0.4 is 0 Å². The van der Waals surface area contributed by atoms with E-state index in [0.29, 0.717) is 19.3 Å². The molecule has 0 rings (SSSR count). The number of carboxylic acid groups (broad SMARTS) is 1. The monoisotopic (exact) mass is 340 g/mol. The highest BCUT2D eigenvalue weighted by Crippen LogP contribution is 2.18. The van der Waals surface area contributed by atoms with E-state index in [1.54, 1.807) is 6.08 Å². The van der Waals surface area contributed by atoms with Gasteiger partial charge in [0.05, 0.1) is 0 Å². The van der Waals surface area contributed by atoms with Crippen LogP contribution in [0.4, 0.5) is 8.78 Å². The minimum absolute atomic E-state index is 0.187. The van der Waals surface area contributed by atoms with E-state index in [4.69, 9.17) is 5.11 Å². The minimum Gasteiger partial charge on any atom is -0.481 e. The molecule has 0 aliphatic rings. The molecule has 0 spiro atoms. The molecular weight excluding hydrogens is 310 g/mol. The Morgan fingerprint density at radius 1 is 0.875 bits per heavy atom. The molecule has 0 aromatic heterocycles. The van der Waals surface area contributed by atoms with Gasteiger partial charge >= 0.3 is 5.97 Å². The van der Waals surface area contributed by atoms with Crippen LogP contribution >= 0.6 is 0 Å². The topological polar surface area (TPSA) is 37.3 Å². The quantitative estimate of drug-likeness (QED) is 0.291. The number of halogens is 2. The summed E-state index contributed by atoms with van der Waals surface area (Å²) >= 11 is 0. The first-order valence-electron chi connectivity index (χ1n) is 8.73. The van der Waals surface area contributed by atoms with E-state index in [9.17, 15) is 13.6 Å². The molecule has 1 N–H and O–H groups in total. The second kappa shape index (κ2) is 14.9. The van der Waals surface area contributed by atoms with E-state index in [1.807, 2.05) is 24.3 Å². The third kappa shape index (κ3) is 16.7.